The smallest absolute Gasteiger partial charge is 0.247 e. The van der Waals surface area contributed by atoms with E-state index in [4.69, 9.17) is 17.3 Å². The van der Waals surface area contributed by atoms with Crippen LogP contribution in [0.5, 0.6) is 0 Å². The van der Waals surface area contributed by atoms with Crippen molar-refractivity contribution in [1.82, 2.24) is 19.8 Å². The van der Waals surface area contributed by atoms with Gasteiger partial charge in [-0.25, -0.2) is 9.97 Å². The summed E-state index contributed by atoms with van der Waals surface area (Å²) in [6, 6.07) is 6.99. The number of fused-ring (bicyclic) bond motifs is 1. The lowest BCUT2D eigenvalue weighted by Crippen LogP contribution is -2.61. The van der Waals surface area contributed by atoms with E-state index in [-0.39, 0.29) is 17.9 Å². The van der Waals surface area contributed by atoms with Crippen LogP contribution in [0.2, 0.25) is 5.02 Å². The second-order valence-corrected chi connectivity index (χ2v) is 9.60. The predicted molar refractivity (Wildman–Crippen MR) is 133 cm³/mol. The number of nitrogen functional groups attached to an aromatic ring is 1. The molecule has 1 fully saturated rings. The van der Waals surface area contributed by atoms with Gasteiger partial charge in [-0.1, -0.05) is 31.0 Å². The Bertz CT molecular complexity index is 1210. The van der Waals surface area contributed by atoms with Gasteiger partial charge in [0.25, 0.3) is 0 Å². The minimum Gasteiger partial charge on any atom is -0.383 e. The molecule has 3 heterocycles. The molecule has 2 aromatic heterocycles. The van der Waals surface area contributed by atoms with E-state index < -0.39 is 6.04 Å². The number of nitrogens with two attached hydrogens (primary N) is 1. The van der Waals surface area contributed by atoms with Crippen LogP contribution < -0.4 is 5.73 Å². The van der Waals surface area contributed by atoms with Crippen LogP contribution in [-0.2, 0) is 16.1 Å². The minimum atomic E-state index is -0.478. The van der Waals surface area contributed by atoms with E-state index in [1.54, 1.807) is 11.0 Å². The van der Waals surface area contributed by atoms with Crippen molar-refractivity contribution < 1.29 is 9.59 Å². The second-order valence-electron chi connectivity index (χ2n) is 8.22. The molecule has 0 spiro atoms. The van der Waals surface area contributed by atoms with Gasteiger partial charge in [-0.15, -0.1) is 11.3 Å². The van der Waals surface area contributed by atoms with Crippen molar-refractivity contribution in [3.63, 3.8) is 0 Å². The molecule has 1 saturated heterocycles. The number of hydrogen-bond acceptors (Lipinski definition) is 6. The summed E-state index contributed by atoms with van der Waals surface area (Å²) in [5.74, 6) is 0.249. The van der Waals surface area contributed by atoms with Crippen LogP contribution in [0, 0.1) is 0 Å². The maximum Gasteiger partial charge on any atom is 0.247 e. The van der Waals surface area contributed by atoms with Crippen LogP contribution in [-0.4, -0.2) is 50.2 Å². The number of carbonyl (C=O) groups is 2. The van der Waals surface area contributed by atoms with Crippen LogP contribution in [0.4, 0.5) is 5.82 Å². The summed E-state index contributed by atoms with van der Waals surface area (Å²) in [6.07, 6.45) is 6.15. The van der Waals surface area contributed by atoms with Gasteiger partial charge in [0.05, 0.1) is 10.5 Å². The van der Waals surface area contributed by atoms with Gasteiger partial charge in [0.1, 0.15) is 18.2 Å². The Morgan fingerprint density at radius 3 is 2.88 bits per heavy atom. The van der Waals surface area contributed by atoms with E-state index in [0.717, 1.165) is 27.8 Å². The van der Waals surface area contributed by atoms with Crippen LogP contribution in [0.25, 0.3) is 17.0 Å². The zero-order valence-electron chi connectivity index (χ0n) is 18.6. The molecule has 3 aromatic rings. The third-order valence-corrected chi connectivity index (χ3v) is 7.09. The number of halogens is 1. The van der Waals surface area contributed by atoms with Gasteiger partial charge in [0.15, 0.2) is 0 Å². The Kier molecular flexibility index (Phi) is 6.95. The molecule has 4 rings (SSSR count). The highest BCUT2D eigenvalue weighted by molar-refractivity contribution is 7.11. The van der Waals surface area contributed by atoms with Crippen molar-refractivity contribution in [2.45, 2.75) is 45.3 Å². The molecule has 2 N–H and O–H groups in total. The average molecular weight is 484 g/mol. The largest absolute Gasteiger partial charge is 0.383 e. The Labute approximate surface area is 201 Å². The topological polar surface area (TPSA) is 92.4 Å². The summed E-state index contributed by atoms with van der Waals surface area (Å²) in [4.78, 5) is 39.3. The third kappa shape index (κ3) is 5.02. The van der Waals surface area contributed by atoms with Crippen LogP contribution in [0.3, 0.4) is 0 Å². The molecular formula is C24H26ClN5O2S. The van der Waals surface area contributed by atoms with Crippen molar-refractivity contribution >= 4 is 57.5 Å². The Balaban J connectivity index is 1.53. The number of amides is 2. The molecule has 9 heteroatoms. The molecule has 0 bridgehead atoms. The lowest BCUT2D eigenvalue weighted by atomic mass is 10.0. The zero-order valence-corrected chi connectivity index (χ0v) is 20.1. The molecule has 172 valence electrons. The average Bonchev–Trinajstić information content (AvgIpc) is 3.22. The molecule has 1 aliphatic heterocycles. The lowest BCUT2D eigenvalue weighted by molar-refractivity contribution is -0.153. The first-order valence-corrected chi connectivity index (χ1v) is 12.2. The fraction of sp³-hybridized carbons (Fsp3) is 0.333. The number of rotatable bonds is 6. The van der Waals surface area contributed by atoms with Crippen molar-refractivity contribution in [2.75, 3.05) is 12.3 Å². The standard InChI is InChI=1S/C24H26ClN5O2S/c1-3-4-21-24(32)29(12-16-5-7-19-20(9-16)27-14-28-23(19)26)15(2)11-30(21)22(31)8-6-18-10-17(25)13-33-18/h5-10,13-15,21H,3-4,11-12H2,1-2H3,(H2,26,27,28)/t15-,21+/m1/s1. The highest BCUT2D eigenvalue weighted by Crippen LogP contribution is 2.26. The fourth-order valence-corrected chi connectivity index (χ4v) is 5.14. The first-order valence-electron chi connectivity index (χ1n) is 10.9. The molecule has 2 amide bonds. The molecule has 1 aromatic carbocycles. The first kappa shape index (κ1) is 23.2. The summed E-state index contributed by atoms with van der Waals surface area (Å²) in [6.45, 7) is 4.93. The fourth-order valence-electron chi connectivity index (χ4n) is 4.17. The Hall–Kier alpha value is -2.97. The third-order valence-electron chi connectivity index (χ3n) is 5.85. The second kappa shape index (κ2) is 9.89. The zero-order chi connectivity index (χ0) is 23.5. The summed E-state index contributed by atoms with van der Waals surface area (Å²) in [7, 11) is 0. The van der Waals surface area contributed by atoms with Gasteiger partial charge in [-0.2, -0.15) is 0 Å². The molecule has 33 heavy (non-hydrogen) atoms. The molecule has 0 aliphatic carbocycles. The van der Waals surface area contributed by atoms with E-state index in [1.807, 2.05) is 48.4 Å². The maximum atomic E-state index is 13.5. The summed E-state index contributed by atoms with van der Waals surface area (Å²) in [5.41, 5.74) is 7.64. The van der Waals surface area contributed by atoms with E-state index in [1.165, 1.54) is 23.7 Å². The molecule has 0 radical (unpaired) electrons. The summed E-state index contributed by atoms with van der Waals surface area (Å²) >= 11 is 7.44. The summed E-state index contributed by atoms with van der Waals surface area (Å²) < 4.78 is 0. The van der Waals surface area contributed by atoms with E-state index in [0.29, 0.717) is 30.4 Å². The van der Waals surface area contributed by atoms with Crippen LogP contribution >= 0.6 is 22.9 Å². The molecule has 0 unspecified atom stereocenters. The summed E-state index contributed by atoms with van der Waals surface area (Å²) in [5, 5.41) is 3.26. The number of benzene rings is 1. The quantitative estimate of drug-likeness (QED) is 0.525. The minimum absolute atomic E-state index is 0.0289. The first-order chi connectivity index (χ1) is 15.9. The van der Waals surface area contributed by atoms with Crippen molar-refractivity contribution in [1.29, 1.82) is 0 Å². The van der Waals surface area contributed by atoms with Crippen molar-refractivity contribution in [2.24, 2.45) is 0 Å². The number of thiophene rings is 1. The van der Waals surface area contributed by atoms with Crippen LogP contribution in [0.1, 0.15) is 37.1 Å². The van der Waals surface area contributed by atoms with E-state index in [2.05, 4.69) is 9.97 Å². The number of aromatic nitrogens is 2. The van der Waals surface area contributed by atoms with Crippen molar-refractivity contribution in [3.8, 4) is 0 Å². The Morgan fingerprint density at radius 1 is 1.33 bits per heavy atom. The number of anilines is 1. The van der Waals surface area contributed by atoms with Gasteiger partial charge < -0.3 is 15.5 Å². The molecule has 2 atom stereocenters. The van der Waals surface area contributed by atoms with Crippen molar-refractivity contribution in [3.05, 3.63) is 57.5 Å². The predicted octanol–water partition coefficient (Wildman–Crippen LogP) is 4.37. The van der Waals surface area contributed by atoms with Gasteiger partial charge in [-0.05, 0) is 43.2 Å². The number of nitrogens with zero attached hydrogens (tertiary/aromatic N) is 4. The maximum absolute atomic E-state index is 13.5. The lowest BCUT2D eigenvalue weighted by Gasteiger charge is -2.44. The molecule has 7 nitrogen and oxygen atoms in total. The van der Waals surface area contributed by atoms with E-state index >= 15 is 0 Å². The van der Waals surface area contributed by atoms with Gasteiger partial charge in [0, 0.05) is 40.9 Å². The number of piperazine rings is 1. The highest BCUT2D eigenvalue weighted by Gasteiger charge is 2.39. The van der Waals surface area contributed by atoms with E-state index in [9.17, 15) is 9.59 Å². The molecular weight excluding hydrogens is 458 g/mol. The Morgan fingerprint density at radius 2 is 2.15 bits per heavy atom. The SMILES string of the molecule is CCC[C@H]1C(=O)N(Cc2ccc3c(N)ncnc3c2)[C@H](C)CN1C(=O)C=Cc1cc(Cl)cs1. The van der Waals surface area contributed by atoms with Gasteiger partial charge in [0.2, 0.25) is 11.8 Å². The molecule has 1 aliphatic rings. The number of hydrogen-bond donors (Lipinski definition) is 1. The number of carbonyl (C=O) groups excluding carboxylic acids is 2. The highest BCUT2D eigenvalue weighted by atomic mass is 35.5. The van der Waals surface area contributed by atoms with Gasteiger partial charge in [-0.3, -0.25) is 9.59 Å². The monoisotopic (exact) mass is 483 g/mol. The molecule has 0 saturated carbocycles. The normalized spacial score (nSPS) is 19.1. The van der Waals surface area contributed by atoms with Crippen LogP contribution in [0.15, 0.2) is 42.0 Å². The van der Waals surface area contributed by atoms with Gasteiger partial charge >= 0.3 is 0 Å².